The van der Waals surface area contributed by atoms with Crippen LogP contribution in [0.25, 0.3) is 165 Å². The molecule has 3 heteroatoms. The first kappa shape index (κ1) is 82.9. The lowest BCUT2D eigenvalue weighted by atomic mass is 9.98. The minimum atomic E-state index is 1.11. The first-order chi connectivity index (χ1) is 66.9. The van der Waals surface area contributed by atoms with Crippen molar-refractivity contribution >= 4 is 116 Å². The van der Waals surface area contributed by atoms with Crippen LogP contribution in [0.15, 0.2) is 564 Å². The van der Waals surface area contributed by atoms with Crippen molar-refractivity contribution in [2.45, 2.75) is 0 Å². The van der Waals surface area contributed by atoms with Crippen LogP contribution in [0.5, 0.6) is 0 Å². The summed E-state index contributed by atoms with van der Waals surface area (Å²) in [6.07, 6.45) is 0. The van der Waals surface area contributed by atoms with E-state index < -0.39 is 0 Å². The summed E-state index contributed by atoms with van der Waals surface area (Å²) >= 11 is 0. The molecule has 0 saturated carbocycles. The number of nitrogens with zero attached hydrogens (tertiary/aromatic N) is 3. The largest absolute Gasteiger partial charge is 0.310 e. The van der Waals surface area contributed by atoms with Crippen molar-refractivity contribution in [3.8, 4) is 100 Å². The highest BCUT2D eigenvalue weighted by atomic mass is 15.2. The predicted molar refractivity (Wildman–Crippen MR) is 577 cm³/mol. The number of anilines is 9. The molecule has 24 aromatic rings. The Morgan fingerprint density at radius 2 is 0.222 bits per heavy atom. The second-order valence-corrected chi connectivity index (χ2v) is 34.2. The van der Waals surface area contributed by atoms with Gasteiger partial charge in [0.25, 0.3) is 0 Å². The Bertz CT molecular complexity index is 8000. The molecule has 0 atom stereocenters. The second-order valence-electron chi connectivity index (χ2n) is 34.2. The Hall–Kier alpha value is -17.8. The highest BCUT2D eigenvalue weighted by molar-refractivity contribution is 6.18. The minimum Gasteiger partial charge on any atom is -0.310 e. The molecular formula is C132H93N3. The molecule has 636 valence electrons. The Morgan fingerprint density at radius 3 is 0.400 bits per heavy atom. The van der Waals surface area contributed by atoms with Gasteiger partial charge in [-0.1, -0.05) is 473 Å². The van der Waals surface area contributed by atoms with E-state index in [1.54, 1.807) is 0 Å². The lowest BCUT2D eigenvalue weighted by molar-refractivity contribution is 1.30. The molecule has 0 N–H and O–H groups in total. The summed E-state index contributed by atoms with van der Waals surface area (Å²) < 4.78 is 0. The van der Waals surface area contributed by atoms with Gasteiger partial charge >= 0.3 is 0 Å². The first-order valence-electron chi connectivity index (χ1n) is 46.3. The van der Waals surface area contributed by atoms with Crippen molar-refractivity contribution < 1.29 is 0 Å². The highest BCUT2D eigenvalue weighted by Gasteiger charge is 2.23. The van der Waals surface area contributed by atoms with Crippen molar-refractivity contribution in [3.63, 3.8) is 0 Å². The molecule has 0 fully saturated rings. The van der Waals surface area contributed by atoms with E-state index in [9.17, 15) is 0 Å². The summed E-state index contributed by atoms with van der Waals surface area (Å²) in [5.41, 5.74) is 32.0. The van der Waals surface area contributed by atoms with E-state index in [0.29, 0.717) is 0 Å². The van der Waals surface area contributed by atoms with Crippen LogP contribution >= 0.6 is 0 Å². The zero-order chi connectivity index (χ0) is 90.0. The fourth-order valence-corrected chi connectivity index (χ4v) is 19.1. The van der Waals surface area contributed by atoms with Gasteiger partial charge in [0.1, 0.15) is 0 Å². The summed E-state index contributed by atoms with van der Waals surface area (Å²) in [6, 6.07) is 203. The van der Waals surface area contributed by atoms with Crippen LogP contribution in [-0.2, 0) is 0 Å². The monoisotopic (exact) mass is 1720 g/mol. The maximum Gasteiger partial charge on any atom is 0.0546 e. The lowest BCUT2D eigenvalue weighted by Gasteiger charge is -2.28. The van der Waals surface area contributed by atoms with E-state index in [0.717, 1.165) is 45.5 Å². The van der Waals surface area contributed by atoms with Gasteiger partial charge < -0.3 is 14.7 Å². The number of hydrogen-bond donors (Lipinski definition) is 0. The van der Waals surface area contributed by atoms with Crippen LogP contribution in [0.2, 0.25) is 0 Å². The third kappa shape index (κ3) is 17.5. The Morgan fingerprint density at radius 1 is 0.0889 bits per heavy atom. The summed E-state index contributed by atoms with van der Waals surface area (Å²) in [5, 5.41) is 14.9. The van der Waals surface area contributed by atoms with Gasteiger partial charge in [-0.25, -0.2) is 0 Å². The molecule has 0 aliphatic carbocycles. The van der Waals surface area contributed by atoms with E-state index in [1.165, 1.54) is 170 Å². The van der Waals surface area contributed by atoms with Gasteiger partial charge in [0, 0.05) is 50.3 Å². The Labute approximate surface area is 789 Å². The molecular weight excluding hydrogens is 1630 g/mol. The van der Waals surface area contributed by atoms with Crippen molar-refractivity contribution in [3.05, 3.63) is 564 Å². The van der Waals surface area contributed by atoms with E-state index in [4.69, 9.17) is 0 Å². The predicted octanol–water partition coefficient (Wildman–Crippen LogP) is 37.4. The van der Waals surface area contributed by atoms with Crippen molar-refractivity contribution in [1.29, 1.82) is 0 Å². The molecule has 0 heterocycles. The maximum atomic E-state index is 2.40. The number of hydrogen-bond acceptors (Lipinski definition) is 3. The lowest BCUT2D eigenvalue weighted by Crippen LogP contribution is -2.10. The molecule has 24 aromatic carbocycles. The summed E-state index contributed by atoms with van der Waals surface area (Å²) in [7, 11) is 0. The zero-order valence-corrected chi connectivity index (χ0v) is 74.5. The van der Waals surface area contributed by atoms with E-state index in [-0.39, 0.29) is 0 Å². The van der Waals surface area contributed by atoms with Crippen molar-refractivity contribution in [2.24, 2.45) is 0 Å². The van der Waals surface area contributed by atoms with Crippen LogP contribution in [0, 0.1) is 0 Å². The highest BCUT2D eigenvalue weighted by Crippen LogP contribution is 2.48. The third-order valence-corrected chi connectivity index (χ3v) is 26.0. The Balaban J connectivity index is 0.000000119. The molecule has 3 nitrogen and oxygen atoms in total. The molecule has 0 amide bonds. The van der Waals surface area contributed by atoms with E-state index in [1.807, 2.05) is 0 Å². The summed E-state index contributed by atoms with van der Waals surface area (Å²) in [5.74, 6) is 0. The molecule has 0 aliphatic heterocycles. The van der Waals surface area contributed by atoms with Crippen LogP contribution in [0.4, 0.5) is 51.2 Å². The van der Waals surface area contributed by atoms with Gasteiger partial charge in [-0.15, -0.1) is 0 Å². The average Bonchev–Trinajstić information content (AvgIpc) is 0.760. The van der Waals surface area contributed by atoms with Gasteiger partial charge in [-0.2, -0.15) is 0 Å². The molecule has 0 aliphatic rings. The van der Waals surface area contributed by atoms with Crippen molar-refractivity contribution in [1.82, 2.24) is 0 Å². The zero-order valence-electron chi connectivity index (χ0n) is 74.5. The fraction of sp³-hybridized carbons (Fsp3) is 0. The Kier molecular flexibility index (Phi) is 23.4. The fourth-order valence-electron chi connectivity index (χ4n) is 19.1. The smallest absolute Gasteiger partial charge is 0.0546 e. The van der Waals surface area contributed by atoms with E-state index >= 15 is 0 Å². The topological polar surface area (TPSA) is 9.72 Å². The van der Waals surface area contributed by atoms with E-state index in [2.05, 4.69) is 579 Å². The molecule has 0 spiro atoms. The summed E-state index contributed by atoms with van der Waals surface area (Å²) in [4.78, 5) is 7.18. The van der Waals surface area contributed by atoms with Crippen LogP contribution in [0.1, 0.15) is 0 Å². The van der Waals surface area contributed by atoms with Gasteiger partial charge in [-0.05, 0) is 240 Å². The average molecular weight is 1720 g/mol. The van der Waals surface area contributed by atoms with Gasteiger partial charge in [0.15, 0.2) is 0 Å². The van der Waals surface area contributed by atoms with Gasteiger partial charge in [-0.3, -0.25) is 0 Å². The third-order valence-electron chi connectivity index (χ3n) is 26.0. The maximum absolute atomic E-state index is 2.40. The molecule has 24 rings (SSSR count). The van der Waals surface area contributed by atoms with Gasteiger partial charge in [0.2, 0.25) is 0 Å². The quantitative estimate of drug-likeness (QED) is 0.0793. The molecule has 0 bridgehead atoms. The molecule has 0 aromatic heterocycles. The number of fused-ring (bicyclic) bond motifs is 9. The van der Waals surface area contributed by atoms with Gasteiger partial charge in [0.05, 0.1) is 17.1 Å². The minimum absolute atomic E-state index is 1.11. The molecule has 0 radical (unpaired) electrons. The summed E-state index contributed by atoms with van der Waals surface area (Å²) in [6.45, 7) is 0. The molecule has 0 saturated heterocycles. The SMILES string of the molecule is c1ccc(-c2ccc(-c3ccc(N(c4ccc(-c5ccc(-c6ccccc6)cc5)cc4)c4cccc5ccc6ccccc6c45)cc3)cc2)cc1.c1ccc(-c2ccc(-c3ccc(N(c4ccc(-c5ccccc5)cc4)c4cccc5ccc6ccccc6c45)cc3)cc2)cc1.c1ccc(-c2ccc(N(c3ccc(-c4ccccc4)cc3)c3cccc4ccc5ccccc5c34)cc2)cc1. The number of benzene rings is 24. The van der Waals surface area contributed by atoms with Crippen molar-refractivity contribution in [2.75, 3.05) is 14.7 Å². The first-order valence-corrected chi connectivity index (χ1v) is 46.3. The number of rotatable bonds is 18. The molecule has 135 heavy (non-hydrogen) atoms. The standard InChI is InChI=1S/C50H35N.C44H31N.C38H27N/c1-3-10-36(11-4-1)38-18-22-40(23-19-38)42-28-32-46(33-29-42)51(49-17-9-15-45-27-26-44-14-7-8-16-48(44)50(45)49)47-34-30-43(31-35-47)41-24-20-39(21-25-41)37-12-5-2-6-13-37;1-3-10-32(11-4-1)34-18-20-35(21-19-34)37-26-30-41(31-27-37)45(40-28-24-36(25-29-40)33-12-5-2-6-13-33)43-17-9-15-39-23-22-38-14-7-8-16-42(38)44(39)43;1-3-10-28(11-4-1)30-20-24-34(25-21-30)39(35-26-22-31(23-27-35)29-12-5-2-6-13-29)37-17-9-15-33-19-18-32-14-7-8-16-36(32)38(33)37/h1-35H;1-31H;1-27H. The van der Waals surface area contributed by atoms with Crippen LogP contribution in [-0.4, -0.2) is 0 Å². The molecule has 0 unspecified atom stereocenters. The second kappa shape index (κ2) is 38.1. The normalized spacial score (nSPS) is 11.1. The van der Waals surface area contributed by atoms with Crippen LogP contribution < -0.4 is 14.7 Å². The van der Waals surface area contributed by atoms with Crippen LogP contribution in [0.3, 0.4) is 0 Å².